The fraction of sp³-hybridized carbons (Fsp3) is 0.407. The lowest BCUT2D eigenvalue weighted by atomic mass is 9.93. The van der Waals surface area contributed by atoms with Crippen LogP contribution >= 0.6 is 0 Å². The molecular formula is C27H33N3O2. The summed E-state index contributed by atoms with van der Waals surface area (Å²) < 4.78 is 7.53. The minimum absolute atomic E-state index is 0.274. The molecule has 0 radical (unpaired) electrons. The van der Waals surface area contributed by atoms with Crippen LogP contribution in [0.15, 0.2) is 60.8 Å². The molecule has 0 unspecified atom stereocenters. The summed E-state index contributed by atoms with van der Waals surface area (Å²) in [4.78, 5) is 19.4. The number of methoxy groups -OCH3 is 1. The molecule has 3 aromatic rings. The number of carbonyl (C=O) groups excluding carboxylic acids is 1. The topological polar surface area (TPSA) is 47.4 Å². The number of nitrogens with zero attached hydrogens (tertiary/aromatic N) is 3. The van der Waals surface area contributed by atoms with Gasteiger partial charge in [0.05, 0.1) is 7.11 Å². The van der Waals surface area contributed by atoms with Gasteiger partial charge < -0.3 is 14.2 Å². The highest BCUT2D eigenvalue weighted by Crippen LogP contribution is 2.25. The molecule has 4 rings (SSSR count). The van der Waals surface area contributed by atoms with Crippen molar-refractivity contribution in [2.45, 2.75) is 45.6 Å². The van der Waals surface area contributed by atoms with Crippen LogP contribution in [0.5, 0.6) is 5.75 Å². The number of carbonyl (C=O) groups is 1. The number of rotatable bonds is 8. The maximum atomic E-state index is 12.7. The second-order valence-corrected chi connectivity index (χ2v) is 8.70. The van der Waals surface area contributed by atoms with Crippen molar-refractivity contribution in [2.75, 3.05) is 20.2 Å². The molecule has 1 fully saturated rings. The summed E-state index contributed by atoms with van der Waals surface area (Å²) in [5.41, 5.74) is 3.55. The summed E-state index contributed by atoms with van der Waals surface area (Å²) in [5, 5.41) is 0. The van der Waals surface area contributed by atoms with Crippen LogP contribution in [0.2, 0.25) is 0 Å². The first kappa shape index (κ1) is 22.1. The molecule has 5 nitrogen and oxygen atoms in total. The fourth-order valence-corrected chi connectivity index (χ4v) is 4.55. The molecule has 1 amide bonds. The Morgan fingerprint density at radius 2 is 1.78 bits per heavy atom. The molecule has 2 heterocycles. The number of benzene rings is 2. The van der Waals surface area contributed by atoms with E-state index in [0.29, 0.717) is 12.3 Å². The van der Waals surface area contributed by atoms with Crippen LogP contribution in [-0.4, -0.2) is 40.6 Å². The van der Waals surface area contributed by atoms with Crippen molar-refractivity contribution in [3.63, 3.8) is 0 Å². The number of aromatic nitrogens is 2. The van der Waals surface area contributed by atoms with Crippen LogP contribution < -0.4 is 4.74 Å². The lowest BCUT2D eigenvalue weighted by molar-refractivity contribution is -0.132. The number of imidazole rings is 1. The number of ether oxygens (including phenoxy) is 1. The van der Waals surface area contributed by atoms with Gasteiger partial charge >= 0.3 is 0 Å². The van der Waals surface area contributed by atoms with Gasteiger partial charge in [-0.15, -0.1) is 0 Å². The molecule has 1 aliphatic heterocycles. The van der Waals surface area contributed by atoms with Gasteiger partial charge in [-0.1, -0.05) is 42.5 Å². The Hall–Kier alpha value is -3.08. The van der Waals surface area contributed by atoms with Crippen LogP contribution in [0.25, 0.3) is 11.4 Å². The lowest BCUT2D eigenvalue weighted by Crippen LogP contribution is -2.38. The second kappa shape index (κ2) is 10.5. The van der Waals surface area contributed by atoms with E-state index < -0.39 is 0 Å². The molecule has 0 saturated carbocycles. The van der Waals surface area contributed by atoms with E-state index in [0.717, 1.165) is 62.5 Å². The number of amides is 1. The average Bonchev–Trinajstić information content (AvgIpc) is 3.22. The number of hydrogen-bond donors (Lipinski definition) is 0. The molecule has 0 aliphatic carbocycles. The summed E-state index contributed by atoms with van der Waals surface area (Å²) in [7, 11) is 1.67. The summed E-state index contributed by atoms with van der Waals surface area (Å²) in [5.74, 6) is 2.83. The highest BCUT2D eigenvalue weighted by molar-refractivity contribution is 5.76. The zero-order chi connectivity index (χ0) is 22.3. The van der Waals surface area contributed by atoms with Gasteiger partial charge in [0.15, 0.2) is 0 Å². The zero-order valence-corrected chi connectivity index (χ0v) is 19.2. The Morgan fingerprint density at radius 3 is 2.47 bits per heavy atom. The van der Waals surface area contributed by atoms with E-state index in [1.54, 1.807) is 7.11 Å². The van der Waals surface area contributed by atoms with Crippen LogP contribution in [0, 0.1) is 12.8 Å². The van der Waals surface area contributed by atoms with E-state index in [1.807, 2.05) is 36.5 Å². The number of hydrogen-bond acceptors (Lipinski definition) is 3. The van der Waals surface area contributed by atoms with Gasteiger partial charge in [0.1, 0.15) is 11.6 Å². The van der Waals surface area contributed by atoms with Gasteiger partial charge in [-0.2, -0.15) is 0 Å². The van der Waals surface area contributed by atoms with E-state index in [4.69, 9.17) is 4.74 Å². The Labute approximate surface area is 191 Å². The van der Waals surface area contributed by atoms with Gasteiger partial charge in [0.2, 0.25) is 5.91 Å². The monoisotopic (exact) mass is 431 g/mol. The highest BCUT2D eigenvalue weighted by Gasteiger charge is 2.23. The van der Waals surface area contributed by atoms with Gasteiger partial charge in [0, 0.05) is 43.5 Å². The summed E-state index contributed by atoms with van der Waals surface area (Å²) in [6.45, 7) is 4.86. The third-order valence-electron chi connectivity index (χ3n) is 6.60. The van der Waals surface area contributed by atoms with Crippen molar-refractivity contribution < 1.29 is 9.53 Å². The molecule has 2 aromatic carbocycles. The van der Waals surface area contributed by atoms with Gasteiger partial charge in [-0.25, -0.2) is 4.98 Å². The smallest absolute Gasteiger partial charge is 0.222 e. The predicted molar refractivity (Wildman–Crippen MR) is 128 cm³/mol. The maximum absolute atomic E-state index is 12.7. The van der Waals surface area contributed by atoms with Crippen LogP contribution in [0.1, 0.15) is 36.9 Å². The molecular weight excluding hydrogens is 398 g/mol. The number of aryl methyl sites for hydroxylation is 2. The molecule has 1 saturated heterocycles. The largest absolute Gasteiger partial charge is 0.497 e. The fourth-order valence-electron chi connectivity index (χ4n) is 4.55. The third-order valence-corrected chi connectivity index (χ3v) is 6.60. The van der Waals surface area contributed by atoms with Gasteiger partial charge in [0.25, 0.3) is 0 Å². The van der Waals surface area contributed by atoms with E-state index in [1.165, 1.54) is 11.3 Å². The molecule has 1 aromatic heterocycles. The number of piperidine rings is 1. The summed E-state index contributed by atoms with van der Waals surface area (Å²) in [6.07, 6.45) is 6.62. The van der Waals surface area contributed by atoms with Crippen molar-refractivity contribution in [1.29, 1.82) is 0 Å². The minimum atomic E-state index is 0.274. The van der Waals surface area contributed by atoms with Crippen molar-refractivity contribution in [1.82, 2.24) is 14.5 Å². The maximum Gasteiger partial charge on any atom is 0.222 e. The first-order valence-corrected chi connectivity index (χ1v) is 11.6. The van der Waals surface area contributed by atoms with Crippen molar-refractivity contribution >= 4 is 5.91 Å². The van der Waals surface area contributed by atoms with Gasteiger partial charge in [-0.05, 0) is 56.2 Å². The second-order valence-electron chi connectivity index (χ2n) is 8.70. The average molecular weight is 432 g/mol. The van der Waals surface area contributed by atoms with Crippen molar-refractivity contribution in [2.24, 2.45) is 5.92 Å². The van der Waals surface area contributed by atoms with E-state index in [2.05, 4.69) is 45.6 Å². The van der Waals surface area contributed by atoms with E-state index in [-0.39, 0.29) is 5.91 Å². The molecule has 168 valence electrons. The highest BCUT2D eigenvalue weighted by atomic mass is 16.5. The quantitative estimate of drug-likeness (QED) is 0.497. The van der Waals surface area contributed by atoms with Crippen LogP contribution in [-0.2, 0) is 17.8 Å². The summed E-state index contributed by atoms with van der Waals surface area (Å²) >= 11 is 0. The number of likely N-dealkylation sites (tertiary alicyclic amines) is 1. The minimum Gasteiger partial charge on any atom is -0.497 e. The molecule has 32 heavy (non-hydrogen) atoms. The molecule has 0 N–H and O–H groups in total. The van der Waals surface area contributed by atoms with Crippen molar-refractivity contribution in [3.05, 3.63) is 72.1 Å². The first-order valence-electron chi connectivity index (χ1n) is 11.6. The molecule has 0 atom stereocenters. The van der Waals surface area contributed by atoms with E-state index in [9.17, 15) is 4.79 Å². The standard InChI is InChI=1S/C27H33N3O2/c1-21-20-28-27(24-6-4-3-5-7-24)30(21)19-16-23-14-17-29(18-15-23)26(31)13-10-22-8-11-25(32-2)12-9-22/h3-9,11-12,20,23H,10,13-19H2,1-2H3. The molecule has 0 bridgehead atoms. The van der Waals surface area contributed by atoms with Crippen LogP contribution in [0.4, 0.5) is 0 Å². The van der Waals surface area contributed by atoms with Crippen molar-refractivity contribution in [3.8, 4) is 17.1 Å². The summed E-state index contributed by atoms with van der Waals surface area (Å²) in [6, 6.07) is 18.4. The first-order chi connectivity index (χ1) is 15.6. The Bertz CT molecular complexity index is 1000. The molecule has 5 heteroatoms. The van der Waals surface area contributed by atoms with E-state index >= 15 is 0 Å². The molecule has 1 aliphatic rings. The Balaban J connectivity index is 1.24. The lowest BCUT2D eigenvalue weighted by Gasteiger charge is -2.32. The van der Waals surface area contributed by atoms with Gasteiger partial charge in [-0.3, -0.25) is 4.79 Å². The normalized spacial score (nSPS) is 14.5. The predicted octanol–water partition coefficient (Wildman–Crippen LogP) is 5.13. The third kappa shape index (κ3) is 5.39. The Morgan fingerprint density at radius 1 is 1.06 bits per heavy atom. The van der Waals surface area contributed by atoms with Crippen LogP contribution in [0.3, 0.4) is 0 Å². The zero-order valence-electron chi connectivity index (χ0n) is 19.2. The molecule has 0 spiro atoms. The Kier molecular flexibility index (Phi) is 7.25. The SMILES string of the molecule is COc1ccc(CCC(=O)N2CCC(CCn3c(C)cnc3-c3ccccc3)CC2)cc1.